The molecule has 1 aromatic rings. The van der Waals surface area contributed by atoms with E-state index < -0.39 is 6.36 Å². The van der Waals surface area contributed by atoms with Crippen LogP contribution in [-0.4, -0.2) is 37.6 Å². The van der Waals surface area contributed by atoms with Gasteiger partial charge in [-0.2, -0.15) is 0 Å². The van der Waals surface area contributed by atoms with Gasteiger partial charge in [-0.1, -0.05) is 22.0 Å². The predicted octanol–water partition coefficient (Wildman–Crippen LogP) is 3.57. The summed E-state index contributed by atoms with van der Waals surface area (Å²) in [5.74, 6) is -0.218. The second kappa shape index (κ2) is 6.32. The van der Waals surface area contributed by atoms with Crippen molar-refractivity contribution in [3.05, 3.63) is 28.2 Å². The minimum Gasteiger partial charge on any atom is -0.406 e. The van der Waals surface area contributed by atoms with Crippen LogP contribution in [0.1, 0.15) is 12.0 Å². The highest BCUT2D eigenvalue weighted by Crippen LogP contribution is 2.29. The van der Waals surface area contributed by atoms with Gasteiger partial charge in [-0.05, 0) is 24.1 Å². The highest BCUT2D eigenvalue weighted by molar-refractivity contribution is 9.10. The predicted molar refractivity (Wildman–Crippen MR) is 71.5 cm³/mol. The summed E-state index contributed by atoms with van der Waals surface area (Å²) in [7, 11) is 1.69. The third-order valence-electron chi connectivity index (χ3n) is 3.21. The van der Waals surface area contributed by atoms with Gasteiger partial charge in [0.25, 0.3) is 0 Å². The zero-order valence-corrected chi connectivity index (χ0v) is 12.5. The first kappa shape index (κ1) is 15.6. The van der Waals surface area contributed by atoms with Gasteiger partial charge in [-0.3, -0.25) is 4.90 Å². The van der Waals surface area contributed by atoms with Gasteiger partial charge in [-0.15, -0.1) is 13.2 Å². The van der Waals surface area contributed by atoms with Gasteiger partial charge in [0.1, 0.15) is 5.75 Å². The average Bonchev–Trinajstić information content (AvgIpc) is 2.78. The Balaban J connectivity index is 1.99. The molecule has 1 aliphatic rings. The van der Waals surface area contributed by atoms with Crippen molar-refractivity contribution in [2.75, 3.05) is 20.2 Å². The molecule has 0 amide bonds. The first-order chi connectivity index (χ1) is 9.37. The molecular weight excluding hydrogens is 339 g/mol. The summed E-state index contributed by atoms with van der Waals surface area (Å²) in [6.45, 7) is 2.43. The van der Waals surface area contributed by atoms with Crippen LogP contribution in [0.4, 0.5) is 13.2 Å². The summed E-state index contributed by atoms with van der Waals surface area (Å²) in [6.07, 6.45) is -3.45. The zero-order valence-electron chi connectivity index (χ0n) is 10.9. The van der Waals surface area contributed by atoms with Gasteiger partial charge in [0, 0.05) is 31.2 Å². The lowest BCUT2D eigenvalue weighted by atomic mass is 10.2. The lowest BCUT2D eigenvalue weighted by molar-refractivity contribution is -0.274. The maximum absolute atomic E-state index is 12.1. The number of rotatable bonds is 4. The van der Waals surface area contributed by atoms with Gasteiger partial charge in [0.2, 0.25) is 0 Å². The molecule has 0 N–H and O–H groups in total. The van der Waals surface area contributed by atoms with Crippen LogP contribution < -0.4 is 4.74 Å². The van der Waals surface area contributed by atoms with E-state index in [1.165, 1.54) is 12.1 Å². The molecule has 0 saturated carbocycles. The van der Waals surface area contributed by atoms with Crippen LogP contribution in [0, 0.1) is 0 Å². The van der Waals surface area contributed by atoms with Crippen molar-refractivity contribution < 1.29 is 22.6 Å². The minimum absolute atomic E-state index is 0.218. The SMILES string of the molecule is CO[C@H]1CCN(Cc2ccc(OC(F)(F)F)cc2Br)C1. The normalized spacial score (nSPS) is 20.4. The molecule has 7 heteroatoms. The fourth-order valence-corrected chi connectivity index (χ4v) is 2.71. The van der Waals surface area contributed by atoms with Crippen molar-refractivity contribution in [1.82, 2.24) is 4.90 Å². The maximum Gasteiger partial charge on any atom is 0.573 e. The average molecular weight is 354 g/mol. The van der Waals surface area contributed by atoms with E-state index in [4.69, 9.17) is 4.74 Å². The zero-order chi connectivity index (χ0) is 14.8. The summed E-state index contributed by atoms with van der Waals surface area (Å²) in [5, 5.41) is 0. The van der Waals surface area contributed by atoms with Crippen LogP contribution in [0.25, 0.3) is 0 Å². The van der Waals surface area contributed by atoms with Crippen molar-refractivity contribution in [2.24, 2.45) is 0 Å². The third kappa shape index (κ3) is 4.36. The van der Waals surface area contributed by atoms with Crippen molar-refractivity contribution in [3.63, 3.8) is 0 Å². The molecule has 3 nitrogen and oxygen atoms in total. The molecule has 20 heavy (non-hydrogen) atoms. The van der Waals surface area contributed by atoms with E-state index in [-0.39, 0.29) is 11.9 Å². The van der Waals surface area contributed by atoms with Crippen molar-refractivity contribution in [1.29, 1.82) is 0 Å². The van der Waals surface area contributed by atoms with Gasteiger partial charge < -0.3 is 9.47 Å². The smallest absolute Gasteiger partial charge is 0.406 e. The molecule has 1 aliphatic heterocycles. The molecule has 1 heterocycles. The van der Waals surface area contributed by atoms with E-state index in [0.717, 1.165) is 25.1 Å². The Labute approximate surface area is 123 Å². The van der Waals surface area contributed by atoms with E-state index in [1.807, 2.05) is 0 Å². The molecule has 0 spiro atoms. The Morgan fingerprint density at radius 2 is 2.15 bits per heavy atom. The van der Waals surface area contributed by atoms with E-state index in [1.54, 1.807) is 13.2 Å². The summed E-state index contributed by atoms with van der Waals surface area (Å²) in [6, 6.07) is 4.31. The Bertz CT molecular complexity index is 467. The second-order valence-electron chi connectivity index (χ2n) is 4.68. The second-order valence-corrected chi connectivity index (χ2v) is 5.54. The number of methoxy groups -OCH3 is 1. The van der Waals surface area contributed by atoms with Crippen LogP contribution in [0.2, 0.25) is 0 Å². The standard InChI is InChI=1S/C13H15BrF3NO2/c1-19-11-4-5-18(8-11)7-9-2-3-10(6-12(9)14)20-13(15,16)17/h2-3,6,11H,4-5,7-8H2,1H3/t11-/m0/s1. The van der Waals surface area contributed by atoms with Crippen LogP contribution in [0.3, 0.4) is 0 Å². The molecule has 1 atom stereocenters. The van der Waals surface area contributed by atoms with Crippen molar-refractivity contribution >= 4 is 15.9 Å². The van der Waals surface area contributed by atoms with Crippen LogP contribution in [-0.2, 0) is 11.3 Å². The molecular formula is C13H15BrF3NO2. The molecule has 2 rings (SSSR count). The Kier molecular flexibility index (Phi) is 4.93. The molecule has 0 aromatic heterocycles. The third-order valence-corrected chi connectivity index (χ3v) is 3.95. The number of nitrogens with zero attached hydrogens (tertiary/aromatic N) is 1. The highest BCUT2D eigenvalue weighted by Gasteiger charge is 2.31. The van der Waals surface area contributed by atoms with Crippen molar-refractivity contribution in [2.45, 2.75) is 25.4 Å². The van der Waals surface area contributed by atoms with Gasteiger partial charge in [0.15, 0.2) is 0 Å². The van der Waals surface area contributed by atoms with Crippen LogP contribution >= 0.6 is 15.9 Å². The summed E-state index contributed by atoms with van der Waals surface area (Å²) < 4.78 is 46.1. The lowest BCUT2D eigenvalue weighted by Gasteiger charge is -2.17. The number of hydrogen-bond donors (Lipinski definition) is 0. The molecule has 0 aliphatic carbocycles. The molecule has 1 saturated heterocycles. The summed E-state index contributed by atoms with van der Waals surface area (Å²) >= 11 is 3.29. The molecule has 1 fully saturated rings. The van der Waals surface area contributed by atoms with Crippen LogP contribution in [0.15, 0.2) is 22.7 Å². The van der Waals surface area contributed by atoms with Gasteiger partial charge in [-0.25, -0.2) is 0 Å². The Morgan fingerprint density at radius 1 is 1.40 bits per heavy atom. The number of hydrogen-bond acceptors (Lipinski definition) is 3. The number of alkyl halides is 3. The number of ether oxygens (including phenoxy) is 2. The molecule has 112 valence electrons. The van der Waals surface area contributed by atoms with Gasteiger partial charge in [0.05, 0.1) is 6.10 Å². The van der Waals surface area contributed by atoms with Crippen LogP contribution in [0.5, 0.6) is 5.75 Å². The van der Waals surface area contributed by atoms with E-state index in [9.17, 15) is 13.2 Å². The number of benzene rings is 1. The van der Waals surface area contributed by atoms with Gasteiger partial charge >= 0.3 is 6.36 Å². The fraction of sp³-hybridized carbons (Fsp3) is 0.538. The molecule has 0 bridgehead atoms. The van der Waals surface area contributed by atoms with E-state index >= 15 is 0 Å². The highest BCUT2D eigenvalue weighted by atomic mass is 79.9. The monoisotopic (exact) mass is 353 g/mol. The molecule has 0 radical (unpaired) electrons. The summed E-state index contributed by atoms with van der Waals surface area (Å²) in [4.78, 5) is 2.21. The van der Waals surface area contributed by atoms with Crippen molar-refractivity contribution in [3.8, 4) is 5.75 Å². The first-order valence-corrected chi connectivity index (χ1v) is 6.96. The number of halogens is 4. The lowest BCUT2D eigenvalue weighted by Crippen LogP contribution is -2.22. The molecule has 0 unspecified atom stereocenters. The Morgan fingerprint density at radius 3 is 2.70 bits per heavy atom. The largest absolute Gasteiger partial charge is 0.573 e. The fourth-order valence-electron chi connectivity index (χ4n) is 2.23. The van der Waals surface area contributed by atoms with E-state index in [2.05, 4.69) is 25.6 Å². The molecule has 1 aromatic carbocycles. The topological polar surface area (TPSA) is 21.7 Å². The number of likely N-dealkylation sites (tertiary alicyclic amines) is 1. The minimum atomic E-state index is -4.67. The first-order valence-electron chi connectivity index (χ1n) is 6.16. The Hall–Kier alpha value is -0.790. The van der Waals surface area contributed by atoms with E-state index in [0.29, 0.717) is 11.0 Å². The quantitative estimate of drug-likeness (QED) is 0.825. The summed E-state index contributed by atoms with van der Waals surface area (Å²) in [5.41, 5.74) is 0.927. The maximum atomic E-state index is 12.1.